The number of amides is 1. The lowest BCUT2D eigenvalue weighted by molar-refractivity contribution is 0.0712. The van der Waals surface area contributed by atoms with E-state index in [1.807, 2.05) is 24.3 Å². The molecule has 1 aliphatic rings. The van der Waals surface area contributed by atoms with Gasteiger partial charge in [0.25, 0.3) is 5.91 Å². The normalized spacial score (nSPS) is 16.2. The molecule has 1 aliphatic heterocycles. The highest BCUT2D eigenvalue weighted by atomic mass is 16.5. The number of hydrogen-bond acceptors (Lipinski definition) is 5. The zero-order chi connectivity index (χ0) is 18.1. The fourth-order valence-corrected chi connectivity index (χ4v) is 3.29. The lowest BCUT2D eigenvalue weighted by Gasteiger charge is -2.32. The number of H-pyrrole nitrogens is 1. The topological polar surface area (TPSA) is 91.3 Å². The van der Waals surface area contributed by atoms with Gasteiger partial charge in [-0.1, -0.05) is 12.1 Å². The van der Waals surface area contributed by atoms with E-state index >= 15 is 0 Å². The summed E-state index contributed by atoms with van der Waals surface area (Å²) in [5, 5.41) is 9.96. The highest BCUT2D eigenvalue weighted by molar-refractivity contribution is 5.95. The first kappa shape index (κ1) is 16.1. The molecule has 1 amide bonds. The monoisotopic (exact) mass is 350 g/mol. The molecule has 7 nitrogen and oxygen atoms in total. The molecule has 3 aromatic rings. The number of pyridine rings is 1. The number of methoxy groups -OCH3 is 1. The van der Waals surface area contributed by atoms with Crippen LogP contribution in [0.25, 0.3) is 0 Å². The van der Waals surface area contributed by atoms with E-state index in [1.54, 1.807) is 24.4 Å². The van der Waals surface area contributed by atoms with Crippen LogP contribution in [0.1, 0.15) is 33.4 Å². The van der Waals surface area contributed by atoms with Crippen molar-refractivity contribution in [1.82, 2.24) is 19.9 Å². The van der Waals surface area contributed by atoms with Crippen LogP contribution >= 0.6 is 0 Å². The van der Waals surface area contributed by atoms with E-state index in [-0.39, 0.29) is 23.3 Å². The minimum atomic E-state index is -0.304. The molecule has 7 heteroatoms. The van der Waals surface area contributed by atoms with E-state index in [1.165, 1.54) is 12.3 Å². The molecule has 0 spiro atoms. The summed E-state index contributed by atoms with van der Waals surface area (Å²) in [7, 11) is 1.63. The average molecular weight is 350 g/mol. The number of hydrogen-bond donors (Lipinski definition) is 2. The minimum Gasteiger partial charge on any atom is -0.505 e. The number of carbonyl (C=O) groups is 1. The Bertz CT molecular complexity index is 936. The molecule has 1 unspecified atom stereocenters. The van der Waals surface area contributed by atoms with Gasteiger partial charge in [-0.05, 0) is 29.8 Å². The smallest absolute Gasteiger partial charge is 0.276 e. The molecule has 0 aliphatic carbocycles. The fraction of sp³-hybridized carbons (Fsp3) is 0.211. The van der Waals surface area contributed by atoms with Crippen molar-refractivity contribution in [3.8, 4) is 11.5 Å². The van der Waals surface area contributed by atoms with Crippen molar-refractivity contribution >= 4 is 5.91 Å². The standard InChI is InChI=1S/C19H18N4O3/c1-26-13-6-4-12(5-7-13)14-9-23(10-15-17(14)22-11-21-15)19(25)18-16(24)3-2-8-20-18/h2-8,11,14,24H,9-10H2,1H3,(H,21,22). The van der Waals surface area contributed by atoms with E-state index in [0.29, 0.717) is 13.1 Å². The highest BCUT2D eigenvalue weighted by Gasteiger charge is 2.33. The first-order valence-electron chi connectivity index (χ1n) is 8.26. The maximum Gasteiger partial charge on any atom is 0.276 e. The van der Waals surface area contributed by atoms with E-state index < -0.39 is 0 Å². The molecule has 26 heavy (non-hydrogen) atoms. The minimum absolute atomic E-state index is 0.0592. The third kappa shape index (κ3) is 2.77. The van der Waals surface area contributed by atoms with Crippen LogP contribution in [-0.2, 0) is 6.54 Å². The molecule has 2 aromatic heterocycles. The Labute approximate surface area is 150 Å². The van der Waals surface area contributed by atoms with Crippen molar-refractivity contribution in [2.75, 3.05) is 13.7 Å². The number of nitrogens with zero attached hydrogens (tertiary/aromatic N) is 3. The summed E-state index contributed by atoms with van der Waals surface area (Å²) in [5.74, 6) is 0.291. The summed E-state index contributed by atoms with van der Waals surface area (Å²) in [4.78, 5) is 26.2. The number of carbonyl (C=O) groups excluding carboxylic acids is 1. The van der Waals surface area contributed by atoms with Crippen LogP contribution in [0.15, 0.2) is 48.9 Å². The molecule has 0 fully saturated rings. The number of nitrogens with one attached hydrogen (secondary N) is 1. The summed E-state index contributed by atoms with van der Waals surface area (Å²) in [6.45, 7) is 0.857. The Morgan fingerprint density at radius 3 is 2.81 bits per heavy atom. The number of aromatic amines is 1. The van der Waals surface area contributed by atoms with Gasteiger partial charge in [0.2, 0.25) is 0 Å². The maximum absolute atomic E-state index is 12.9. The van der Waals surface area contributed by atoms with Gasteiger partial charge in [-0.15, -0.1) is 0 Å². The van der Waals surface area contributed by atoms with Gasteiger partial charge in [-0.3, -0.25) is 4.79 Å². The second kappa shape index (κ2) is 6.51. The predicted molar refractivity (Wildman–Crippen MR) is 94.1 cm³/mol. The van der Waals surface area contributed by atoms with Gasteiger partial charge >= 0.3 is 0 Å². The van der Waals surface area contributed by atoms with Gasteiger partial charge in [-0.2, -0.15) is 0 Å². The average Bonchev–Trinajstić information content (AvgIpc) is 3.16. The molecule has 4 rings (SSSR count). The van der Waals surface area contributed by atoms with Crippen LogP contribution in [0.2, 0.25) is 0 Å². The third-order valence-electron chi connectivity index (χ3n) is 4.63. The molecule has 1 atom stereocenters. The number of fused-ring (bicyclic) bond motifs is 1. The van der Waals surface area contributed by atoms with E-state index in [4.69, 9.17) is 4.74 Å². The maximum atomic E-state index is 12.9. The summed E-state index contributed by atoms with van der Waals surface area (Å²) in [6.07, 6.45) is 3.15. The Morgan fingerprint density at radius 1 is 1.27 bits per heavy atom. The number of benzene rings is 1. The molecule has 0 bridgehead atoms. The van der Waals surface area contributed by atoms with Crippen molar-refractivity contribution in [3.05, 3.63) is 71.6 Å². The van der Waals surface area contributed by atoms with E-state index in [9.17, 15) is 9.90 Å². The summed E-state index contributed by atoms with van der Waals surface area (Å²) in [6, 6.07) is 10.8. The summed E-state index contributed by atoms with van der Waals surface area (Å²) >= 11 is 0. The molecule has 2 N–H and O–H groups in total. The molecule has 132 valence electrons. The van der Waals surface area contributed by atoms with Crippen LogP contribution in [0, 0.1) is 0 Å². The zero-order valence-electron chi connectivity index (χ0n) is 14.2. The first-order chi connectivity index (χ1) is 12.7. The van der Waals surface area contributed by atoms with E-state index in [2.05, 4.69) is 15.0 Å². The number of ether oxygens (including phenoxy) is 1. The predicted octanol–water partition coefficient (Wildman–Crippen LogP) is 2.31. The van der Waals surface area contributed by atoms with E-state index in [0.717, 1.165) is 22.7 Å². The van der Waals surface area contributed by atoms with Gasteiger partial charge in [0.15, 0.2) is 5.69 Å². The molecular weight excluding hydrogens is 332 g/mol. The van der Waals surface area contributed by atoms with Crippen molar-refractivity contribution in [2.24, 2.45) is 0 Å². The summed E-state index contributed by atoms with van der Waals surface area (Å²) < 4.78 is 5.22. The summed E-state index contributed by atoms with van der Waals surface area (Å²) in [5.41, 5.74) is 2.93. The number of aromatic hydroxyl groups is 1. The molecule has 0 saturated heterocycles. The van der Waals surface area contributed by atoms with Crippen molar-refractivity contribution < 1.29 is 14.6 Å². The molecule has 0 radical (unpaired) electrons. The van der Waals surface area contributed by atoms with Gasteiger partial charge in [0.1, 0.15) is 11.5 Å². The highest BCUT2D eigenvalue weighted by Crippen LogP contribution is 2.33. The number of aromatic nitrogens is 3. The lowest BCUT2D eigenvalue weighted by Crippen LogP contribution is -2.39. The molecule has 3 heterocycles. The van der Waals surface area contributed by atoms with Crippen molar-refractivity contribution in [2.45, 2.75) is 12.5 Å². The lowest BCUT2D eigenvalue weighted by atomic mass is 9.90. The fourth-order valence-electron chi connectivity index (χ4n) is 3.29. The molecular formula is C19H18N4O3. The van der Waals surface area contributed by atoms with Gasteiger partial charge in [-0.25, -0.2) is 9.97 Å². The Morgan fingerprint density at radius 2 is 2.08 bits per heavy atom. The quantitative estimate of drug-likeness (QED) is 0.756. The van der Waals surface area contributed by atoms with Gasteiger partial charge in [0, 0.05) is 18.7 Å². The van der Waals surface area contributed by atoms with Crippen LogP contribution in [-0.4, -0.2) is 44.5 Å². The van der Waals surface area contributed by atoms with Crippen LogP contribution in [0.4, 0.5) is 0 Å². The number of imidazole rings is 1. The number of rotatable bonds is 3. The Hall–Kier alpha value is -3.35. The van der Waals surface area contributed by atoms with Crippen LogP contribution < -0.4 is 4.74 Å². The molecule has 0 saturated carbocycles. The second-order valence-electron chi connectivity index (χ2n) is 6.15. The largest absolute Gasteiger partial charge is 0.505 e. The van der Waals surface area contributed by atoms with Crippen molar-refractivity contribution in [3.63, 3.8) is 0 Å². The van der Waals surface area contributed by atoms with Gasteiger partial charge in [0.05, 0.1) is 31.4 Å². The third-order valence-corrected chi connectivity index (χ3v) is 4.63. The SMILES string of the molecule is COc1ccc(C2CN(C(=O)c3ncccc3O)Cc3[nH]cnc32)cc1. The Balaban J connectivity index is 1.68. The van der Waals surface area contributed by atoms with Crippen molar-refractivity contribution in [1.29, 1.82) is 0 Å². The van der Waals surface area contributed by atoms with Crippen LogP contribution in [0.3, 0.4) is 0 Å². The Kier molecular flexibility index (Phi) is 4.04. The van der Waals surface area contributed by atoms with Crippen LogP contribution in [0.5, 0.6) is 11.5 Å². The molecule has 1 aromatic carbocycles. The van der Waals surface area contributed by atoms with Gasteiger partial charge < -0.3 is 19.7 Å². The zero-order valence-corrected chi connectivity index (χ0v) is 14.2. The first-order valence-corrected chi connectivity index (χ1v) is 8.26. The second-order valence-corrected chi connectivity index (χ2v) is 6.15.